The summed E-state index contributed by atoms with van der Waals surface area (Å²) >= 11 is 5.67. The molecule has 0 aliphatic heterocycles. The van der Waals surface area contributed by atoms with E-state index in [1.54, 1.807) is 20.8 Å². The Morgan fingerprint density at radius 1 is 1.21 bits per heavy atom. The van der Waals surface area contributed by atoms with E-state index in [1.165, 1.54) is 12.1 Å². The summed E-state index contributed by atoms with van der Waals surface area (Å²) in [4.78, 5) is 27.5. The third kappa shape index (κ3) is 3.76. The van der Waals surface area contributed by atoms with Crippen molar-refractivity contribution >= 4 is 23.4 Å². The summed E-state index contributed by atoms with van der Waals surface area (Å²) in [6.45, 7) is 4.97. The number of carbonyl (C=O) groups excluding carboxylic acids is 2. The summed E-state index contributed by atoms with van der Waals surface area (Å²) in [6.07, 6.45) is 0. The Balaban J connectivity index is 2.20. The molecule has 0 saturated carbocycles. The second kappa shape index (κ2) is 7.49. The molecule has 0 spiro atoms. The van der Waals surface area contributed by atoms with Gasteiger partial charge in [-0.15, -0.1) is 0 Å². The number of hydrogen-bond acceptors (Lipinski definition) is 4. The van der Waals surface area contributed by atoms with Crippen molar-refractivity contribution in [2.45, 2.75) is 20.8 Å². The SMILES string of the molecule is CCOC(=O)c1c(C)[nH]c(C)c1C(=O)COc1ccc(F)c(Cl)c1. The van der Waals surface area contributed by atoms with E-state index in [0.29, 0.717) is 11.4 Å². The quantitative estimate of drug-likeness (QED) is 0.632. The van der Waals surface area contributed by atoms with Gasteiger partial charge in [0.25, 0.3) is 0 Å². The molecular weight excluding hydrogens is 337 g/mol. The number of ketones is 1. The van der Waals surface area contributed by atoms with Crippen LogP contribution in [0.5, 0.6) is 5.75 Å². The molecule has 1 aromatic heterocycles. The number of benzene rings is 1. The van der Waals surface area contributed by atoms with E-state index in [2.05, 4.69) is 4.98 Å². The molecule has 1 heterocycles. The number of esters is 1. The van der Waals surface area contributed by atoms with Crippen LogP contribution in [-0.2, 0) is 4.74 Å². The molecule has 2 rings (SSSR count). The van der Waals surface area contributed by atoms with Gasteiger partial charge in [0.1, 0.15) is 11.6 Å². The van der Waals surface area contributed by atoms with E-state index in [9.17, 15) is 14.0 Å². The molecule has 7 heteroatoms. The molecule has 2 aromatic rings. The highest BCUT2D eigenvalue weighted by atomic mass is 35.5. The van der Waals surface area contributed by atoms with Crippen LogP contribution in [0.3, 0.4) is 0 Å². The largest absolute Gasteiger partial charge is 0.485 e. The van der Waals surface area contributed by atoms with Crippen LogP contribution in [0.1, 0.15) is 39.0 Å². The van der Waals surface area contributed by atoms with E-state index < -0.39 is 11.8 Å². The van der Waals surface area contributed by atoms with E-state index in [4.69, 9.17) is 21.1 Å². The van der Waals surface area contributed by atoms with Gasteiger partial charge in [0, 0.05) is 17.5 Å². The maximum absolute atomic E-state index is 13.1. The molecule has 0 saturated heterocycles. The van der Waals surface area contributed by atoms with E-state index in [0.717, 1.165) is 6.07 Å². The predicted octanol–water partition coefficient (Wildman–Crippen LogP) is 3.86. The monoisotopic (exact) mass is 353 g/mol. The number of carbonyl (C=O) groups is 2. The lowest BCUT2D eigenvalue weighted by Gasteiger charge is -2.08. The number of aryl methyl sites for hydroxylation is 2. The fourth-order valence-electron chi connectivity index (χ4n) is 2.38. The van der Waals surface area contributed by atoms with Crippen molar-refractivity contribution in [3.05, 3.63) is 51.6 Å². The number of hydrogen-bond donors (Lipinski definition) is 1. The number of aromatic nitrogens is 1. The molecule has 0 atom stereocenters. The van der Waals surface area contributed by atoms with Crippen molar-refractivity contribution in [2.24, 2.45) is 0 Å². The van der Waals surface area contributed by atoms with E-state index in [1.807, 2.05) is 0 Å². The van der Waals surface area contributed by atoms with Gasteiger partial charge in [-0.1, -0.05) is 11.6 Å². The molecule has 24 heavy (non-hydrogen) atoms. The van der Waals surface area contributed by atoms with Gasteiger partial charge in [0.05, 0.1) is 22.8 Å². The number of halogens is 2. The Kier molecular flexibility index (Phi) is 5.62. The van der Waals surface area contributed by atoms with Gasteiger partial charge in [-0.3, -0.25) is 4.79 Å². The molecule has 128 valence electrons. The van der Waals surface area contributed by atoms with Gasteiger partial charge >= 0.3 is 5.97 Å². The molecule has 0 radical (unpaired) electrons. The summed E-state index contributed by atoms with van der Waals surface area (Å²) in [7, 11) is 0. The van der Waals surface area contributed by atoms with Crippen molar-refractivity contribution in [3.63, 3.8) is 0 Å². The lowest BCUT2D eigenvalue weighted by Crippen LogP contribution is -2.17. The number of nitrogens with one attached hydrogen (secondary N) is 1. The molecule has 0 aliphatic carbocycles. The number of ether oxygens (including phenoxy) is 2. The lowest BCUT2D eigenvalue weighted by atomic mass is 10.1. The average Bonchev–Trinajstić information content (AvgIpc) is 2.83. The summed E-state index contributed by atoms with van der Waals surface area (Å²) < 4.78 is 23.5. The normalized spacial score (nSPS) is 10.5. The van der Waals surface area contributed by atoms with Crippen molar-refractivity contribution in [2.75, 3.05) is 13.2 Å². The first-order valence-electron chi connectivity index (χ1n) is 7.32. The maximum Gasteiger partial charge on any atom is 0.340 e. The standard InChI is InChI=1S/C17H17ClFNO4/c1-4-23-17(22)16-10(3)20-9(2)15(16)14(21)8-24-11-5-6-13(19)12(18)7-11/h5-7,20H,4,8H2,1-3H3. The molecule has 0 unspecified atom stereocenters. The maximum atomic E-state index is 13.1. The second-order valence-electron chi connectivity index (χ2n) is 5.13. The van der Waals surface area contributed by atoms with Gasteiger partial charge in [0.15, 0.2) is 6.61 Å². The summed E-state index contributed by atoms with van der Waals surface area (Å²) in [5.41, 5.74) is 1.56. The predicted molar refractivity (Wildman–Crippen MR) is 87.5 cm³/mol. The molecule has 5 nitrogen and oxygen atoms in total. The zero-order chi connectivity index (χ0) is 17.9. The van der Waals surface area contributed by atoms with Gasteiger partial charge in [0.2, 0.25) is 5.78 Å². The minimum Gasteiger partial charge on any atom is -0.485 e. The Morgan fingerprint density at radius 2 is 1.88 bits per heavy atom. The molecule has 0 amide bonds. The number of H-pyrrole nitrogens is 1. The molecule has 0 bridgehead atoms. The molecule has 1 aromatic carbocycles. The second-order valence-corrected chi connectivity index (χ2v) is 5.54. The van der Waals surface area contributed by atoms with Crippen molar-refractivity contribution in [3.8, 4) is 5.75 Å². The first kappa shape index (κ1) is 18.0. The summed E-state index contributed by atoms with van der Waals surface area (Å²) in [5.74, 6) is -1.26. The Labute approximate surface area is 143 Å². The zero-order valence-electron chi connectivity index (χ0n) is 13.5. The van der Waals surface area contributed by atoms with E-state index >= 15 is 0 Å². The average molecular weight is 354 g/mol. The van der Waals surface area contributed by atoms with Gasteiger partial charge in [-0.25, -0.2) is 9.18 Å². The van der Waals surface area contributed by atoms with Crippen molar-refractivity contribution < 1.29 is 23.5 Å². The van der Waals surface area contributed by atoms with Crippen LogP contribution in [0.15, 0.2) is 18.2 Å². The topological polar surface area (TPSA) is 68.4 Å². The number of Topliss-reactive ketones (excluding diaryl/α,β-unsaturated/α-hetero) is 1. The summed E-state index contributed by atoms with van der Waals surface area (Å²) in [5, 5.41) is -0.0965. The Morgan fingerprint density at radius 3 is 2.50 bits per heavy atom. The zero-order valence-corrected chi connectivity index (χ0v) is 14.3. The Hall–Kier alpha value is -2.34. The Bertz CT molecular complexity index is 785. The van der Waals surface area contributed by atoms with Crippen LogP contribution in [-0.4, -0.2) is 30.0 Å². The van der Waals surface area contributed by atoms with Gasteiger partial charge < -0.3 is 14.5 Å². The van der Waals surface area contributed by atoms with Crippen LogP contribution in [0.25, 0.3) is 0 Å². The highest BCUT2D eigenvalue weighted by Gasteiger charge is 2.25. The van der Waals surface area contributed by atoms with Crippen LogP contribution in [0.2, 0.25) is 5.02 Å². The molecule has 1 N–H and O–H groups in total. The fraction of sp³-hybridized carbons (Fsp3) is 0.294. The van der Waals surface area contributed by atoms with Crippen LogP contribution >= 0.6 is 11.6 Å². The summed E-state index contributed by atoms with van der Waals surface area (Å²) in [6, 6.07) is 3.81. The molecular formula is C17H17ClFNO4. The smallest absolute Gasteiger partial charge is 0.340 e. The third-order valence-corrected chi connectivity index (χ3v) is 3.68. The third-order valence-electron chi connectivity index (χ3n) is 3.39. The highest BCUT2D eigenvalue weighted by molar-refractivity contribution is 6.30. The van der Waals surface area contributed by atoms with Crippen LogP contribution in [0.4, 0.5) is 4.39 Å². The van der Waals surface area contributed by atoms with Crippen molar-refractivity contribution in [1.82, 2.24) is 4.98 Å². The minimum atomic E-state index is -0.572. The lowest BCUT2D eigenvalue weighted by molar-refractivity contribution is 0.0522. The minimum absolute atomic E-state index is 0.0965. The molecule has 0 aliphatic rings. The van der Waals surface area contributed by atoms with E-state index in [-0.39, 0.29) is 40.9 Å². The number of aromatic amines is 1. The van der Waals surface area contributed by atoms with Crippen molar-refractivity contribution in [1.29, 1.82) is 0 Å². The number of rotatable bonds is 6. The highest BCUT2D eigenvalue weighted by Crippen LogP contribution is 2.23. The fourth-order valence-corrected chi connectivity index (χ4v) is 2.55. The van der Waals surface area contributed by atoms with Gasteiger partial charge in [-0.2, -0.15) is 0 Å². The van der Waals surface area contributed by atoms with Crippen LogP contribution in [0, 0.1) is 19.7 Å². The van der Waals surface area contributed by atoms with Crippen LogP contribution < -0.4 is 4.74 Å². The first-order chi connectivity index (χ1) is 11.3. The van der Waals surface area contributed by atoms with Gasteiger partial charge in [-0.05, 0) is 32.9 Å². The molecule has 0 fully saturated rings. The first-order valence-corrected chi connectivity index (χ1v) is 7.70.